The molecule has 7 nitrogen and oxygen atoms in total. The monoisotopic (exact) mass is 454 g/mol. The van der Waals surface area contributed by atoms with E-state index in [2.05, 4.69) is 5.32 Å². The fourth-order valence-corrected chi connectivity index (χ4v) is 3.96. The molecule has 164 valence electrons. The van der Waals surface area contributed by atoms with Crippen molar-refractivity contribution in [1.82, 2.24) is 5.32 Å². The zero-order chi connectivity index (χ0) is 22.1. The van der Waals surface area contributed by atoms with Crippen LogP contribution in [0.3, 0.4) is 0 Å². The van der Waals surface area contributed by atoms with Crippen LogP contribution in [0.15, 0.2) is 42.5 Å². The molecule has 0 aromatic heterocycles. The second-order valence-corrected chi connectivity index (χ2v) is 8.92. The number of carbonyl (C=O) groups is 1. The second-order valence-electron chi connectivity index (χ2n) is 6.58. The number of ether oxygens (including phenoxy) is 2. The molecule has 1 N–H and O–H groups in total. The topological polar surface area (TPSA) is 84.9 Å². The number of amides is 1. The Bertz CT molecular complexity index is 966. The minimum atomic E-state index is -3.73. The summed E-state index contributed by atoms with van der Waals surface area (Å²) in [5.74, 6) is 0.730. The third kappa shape index (κ3) is 6.81. The van der Waals surface area contributed by atoms with Gasteiger partial charge in [-0.05, 0) is 49.6 Å². The van der Waals surface area contributed by atoms with Gasteiger partial charge in [-0.1, -0.05) is 29.8 Å². The Labute approximate surface area is 183 Å². The zero-order valence-electron chi connectivity index (χ0n) is 17.4. The highest BCUT2D eigenvalue weighted by Crippen LogP contribution is 2.32. The third-order valence-electron chi connectivity index (χ3n) is 4.31. The lowest BCUT2D eigenvalue weighted by atomic mass is 10.1. The van der Waals surface area contributed by atoms with Gasteiger partial charge < -0.3 is 14.8 Å². The van der Waals surface area contributed by atoms with Crippen LogP contribution in [0.5, 0.6) is 11.5 Å². The summed E-state index contributed by atoms with van der Waals surface area (Å²) in [5, 5.41) is 3.11. The fraction of sp³-hybridized carbons (Fsp3) is 0.381. The van der Waals surface area contributed by atoms with E-state index < -0.39 is 15.9 Å². The lowest BCUT2D eigenvalue weighted by molar-refractivity contribution is -0.119. The quantitative estimate of drug-likeness (QED) is 0.527. The van der Waals surface area contributed by atoms with Crippen molar-refractivity contribution in [2.24, 2.45) is 0 Å². The third-order valence-corrected chi connectivity index (χ3v) is 5.68. The summed E-state index contributed by atoms with van der Waals surface area (Å²) in [5.41, 5.74) is 1.28. The second kappa shape index (κ2) is 11.1. The van der Waals surface area contributed by atoms with E-state index in [-0.39, 0.29) is 12.2 Å². The van der Waals surface area contributed by atoms with Crippen LogP contribution in [0.25, 0.3) is 0 Å². The SMILES string of the molecule is CCOc1ccccc1CCCNC(=O)CN(c1cc(Cl)ccc1OC)S(C)(=O)=O. The fourth-order valence-electron chi connectivity index (χ4n) is 2.94. The lowest BCUT2D eigenvalue weighted by Gasteiger charge is -2.24. The first-order chi connectivity index (χ1) is 14.3. The van der Waals surface area contributed by atoms with Crippen LogP contribution in [0.2, 0.25) is 5.02 Å². The van der Waals surface area contributed by atoms with Crippen LogP contribution in [-0.2, 0) is 21.2 Å². The molecule has 0 radical (unpaired) electrons. The summed E-state index contributed by atoms with van der Waals surface area (Å²) >= 11 is 6.01. The van der Waals surface area contributed by atoms with Crippen LogP contribution in [0.1, 0.15) is 18.9 Å². The number of anilines is 1. The standard InChI is InChI=1S/C21H27ClN2O5S/c1-4-29-19-10-6-5-8-16(19)9-7-13-23-21(25)15-24(30(3,26)27)18-14-17(22)11-12-20(18)28-2/h5-6,8,10-12,14H,4,7,9,13,15H2,1-3H3,(H,23,25). The predicted octanol–water partition coefficient (Wildman–Crippen LogP) is 3.26. The minimum Gasteiger partial charge on any atom is -0.495 e. The van der Waals surface area contributed by atoms with Crippen LogP contribution in [0.4, 0.5) is 5.69 Å². The average molecular weight is 455 g/mol. The van der Waals surface area contributed by atoms with E-state index in [1.54, 1.807) is 12.1 Å². The molecule has 0 atom stereocenters. The van der Waals surface area contributed by atoms with Gasteiger partial charge in [0.25, 0.3) is 0 Å². The van der Waals surface area contributed by atoms with Gasteiger partial charge in [-0.3, -0.25) is 9.10 Å². The molecule has 0 unspecified atom stereocenters. The lowest BCUT2D eigenvalue weighted by Crippen LogP contribution is -2.40. The summed E-state index contributed by atoms with van der Waals surface area (Å²) in [7, 11) is -2.31. The highest BCUT2D eigenvalue weighted by atomic mass is 35.5. The number of hydrogen-bond acceptors (Lipinski definition) is 5. The minimum absolute atomic E-state index is 0.216. The van der Waals surface area contributed by atoms with Crippen LogP contribution in [0, 0.1) is 0 Å². The van der Waals surface area contributed by atoms with Crippen molar-refractivity contribution >= 4 is 33.2 Å². The number of rotatable bonds is 11. The number of nitrogens with one attached hydrogen (secondary N) is 1. The van der Waals surface area contributed by atoms with Gasteiger partial charge in [0.15, 0.2) is 0 Å². The van der Waals surface area contributed by atoms with Crippen molar-refractivity contribution < 1.29 is 22.7 Å². The number of carbonyl (C=O) groups excluding carboxylic acids is 1. The molecule has 2 rings (SSSR count). The van der Waals surface area contributed by atoms with E-state index in [0.29, 0.717) is 30.3 Å². The Balaban J connectivity index is 1.99. The number of benzene rings is 2. The Morgan fingerprint density at radius 3 is 2.57 bits per heavy atom. The molecule has 0 heterocycles. The summed E-state index contributed by atoms with van der Waals surface area (Å²) in [6.07, 6.45) is 2.45. The van der Waals surface area contributed by atoms with Crippen molar-refractivity contribution in [3.05, 3.63) is 53.1 Å². The van der Waals surface area contributed by atoms with E-state index in [0.717, 1.165) is 28.3 Å². The molecule has 0 fully saturated rings. The molecule has 0 saturated heterocycles. The van der Waals surface area contributed by atoms with Gasteiger partial charge in [-0.15, -0.1) is 0 Å². The molecule has 9 heteroatoms. The summed E-state index contributed by atoms with van der Waals surface area (Å²) < 4.78 is 36.4. The first kappa shape index (κ1) is 23.8. The number of halogens is 1. The van der Waals surface area contributed by atoms with E-state index >= 15 is 0 Å². The molecule has 0 saturated carbocycles. The van der Waals surface area contributed by atoms with E-state index in [1.807, 2.05) is 31.2 Å². The molecule has 30 heavy (non-hydrogen) atoms. The van der Waals surface area contributed by atoms with Crippen molar-refractivity contribution in [2.45, 2.75) is 19.8 Å². The highest BCUT2D eigenvalue weighted by molar-refractivity contribution is 7.92. The van der Waals surface area contributed by atoms with E-state index in [4.69, 9.17) is 21.1 Å². The molecule has 0 aliphatic heterocycles. The molecule has 2 aromatic carbocycles. The van der Waals surface area contributed by atoms with Crippen molar-refractivity contribution in [1.29, 1.82) is 0 Å². The molecule has 0 spiro atoms. The summed E-state index contributed by atoms with van der Waals surface area (Å²) in [6, 6.07) is 12.4. The number of para-hydroxylation sites is 1. The van der Waals surface area contributed by atoms with Crippen LogP contribution >= 0.6 is 11.6 Å². The normalized spacial score (nSPS) is 11.1. The molecule has 0 aliphatic carbocycles. The molecular formula is C21H27ClN2O5S. The van der Waals surface area contributed by atoms with Crippen molar-refractivity contribution in [3.63, 3.8) is 0 Å². The molecule has 0 aliphatic rings. The van der Waals surface area contributed by atoms with Gasteiger partial charge in [-0.25, -0.2) is 8.42 Å². The summed E-state index contributed by atoms with van der Waals surface area (Å²) in [4.78, 5) is 12.4. The number of nitrogens with zero attached hydrogens (tertiary/aromatic N) is 1. The smallest absolute Gasteiger partial charge is 0.240 e. The Morgan fingerprint density at radius 2 is 1.90 bits per heavy atom. The van der Waals surface area contributed by atoms with Gasteiger partial charge in [0.1, 0.15) is 18.0 Å². The summed E-state index contributed by atoms with van der Waals surface area (Å²) in [6.45, 7) is 2.55. The first-order valence-electron chi connectivity index (χ1n) is 9.55. The first-order valence-corrected chi connectivity index (χ1v) is 11.8. The van der Waals surface area contributed by atoms with Gasteiger partial charge in [-0.2, -0.15) is 0 Å². The predicted molar refractivity (Wildman–Crippen MR) is 119 cm³/mol. The van der Waals surface area contributed by atoms with E-state index in [1.165, 1.54) is 13.2 Å². The largest absolute Gasteiger partial charge is 0.495 e. The number of sulfonamides is 1. The number of hydrogen-bond donors (Lipinski definition) is 1. The molecule has 0 bridgehead atoms. The van der Waals surface area contributed by atoms with Crippen LogP contribution in [-0.4, -0.2) is 47.4 Å². The average Bonchev–Trinajstić information content (AvgIpc) is 2.70. The van der Waals surface area contributed by atoms with E-state index in [9.17, 15) is 13.2 Å². The number of methoxy groups -OCH3 is 1. The number of aryl methyl sites for hydroxylation is 1. The van der Waals surface area contributed by atoms with Crippen LogP contribution < -0.4 is 19.1 Å². The van der Waals surface area contributed by atoms with Crippen molar-refractivity contribution in [2.75, 3.05) is 37.4 Å². The molecule has 2 aromatic rings. The zero-order valence-corrected chi connectivity index (χ0v) is 18.9. The molecular weight excluding hydrogens is 428 g/mol. The van der Waals surface area contributed by atoms with Gasteiger partial charge in [0.2, 0.25) is 15.9 Å². The maximum Gasteiger partial charge on any atom is 0.240 e. The Morgan fingerprint density at radius 1 is 1.17 bits per heavy atom. The maximum atomic E-state index is 12.4. The van der Waals surface area contributed by atoms with Gasteiger partial charge in [0.05, 0.1) is 25.7 Å². The van der Waals surface area contributed by atoms with Crippen molar-refractivity contribution in [3.8, 4) is 11.5 Å². The Kier molecular flexibility index (Phi) is 8.80. The highest BCUT2D eigenvalue weighted by Gasteiger charge is 2.24. The molecule has 1 amide bonds. The maximum absolute atomic E-state index is 12.4. The van der Waals surface area contributed by atoms with Gasteiger partial charge in [0, 0.05) is 11.6 Å². The van der Waals surface area contributed by atoms with Gasteiger partial charge >= 0.3 is 0 Å². The Hall–Kier alpha value is -2.45.